The summed E-state index contributed by atoms with van der Waals surface area (Å²) in [5, 5.41) is 0.134. The third-order valence-corrected chi connectivity index (χ3v) is 6.90. The summed E-state index contributed by atoms with van der Waals surface area (Å²) in [6, 6.07) is 16.2. The molecule has 9 heteroatoms. The smallest absolute Gasteiger partial charge is 0.338 e. The van der Waals surface area contributed by atoms with Crippen LogP contribution in [0.3, 0.4) is 0 Å². The van der Waals surface area contributed by atoms with Crippen molar-refractivity contribution in [2.24, 2.45) is 0 Å². The highest BCUT2D eigenvalue weighted by molar-refractivity contribution is 8.18. The first kappa shape index (κ1) is 25.6. The van der Waals surface area contributed by atoms with Crippen LogP contribution < -0.4 is 4.74 Å². The summed E-state index contributed by atoms with van der Waals surface area (Å²) in [5.41, 5.74) is 4.05. The number of para-hydroxylation sites is 1. The standard InChI is InChI=1S/C27H25ClN2O5S/c1-4-34-26(32)19-9-11-21(12-10-19)30-17(2)15-20(18(30)3)16-24-25(31)29(27(33)36-24)13-14-35-23-8-6-5-7-22(23)28/h5-12,15-16H,4,13-14H2,1-3H3/b24-16-. The van der Waals surface area contributed by atoms with Gasteiger partial charge in [-0.05, 0) is 86.6 Å². The maximum absolute atomic E-state index is 12.9. The highest BCUT2D eigenvalue weighted by Gasteiger charge is 2.35. The molecular weight excluding hydrogens is 500 g/mol. The molecule has 1 saturated heterocycles. The maximum Gasteiger partial charge on any atom is 0.338 e. The Labute approximate surface area is 218 Å². The Bertz CT molecular complexity index is 1350. The lowest BCUT2D eigenvalue weighted by Gasteiger charge is -2.13. The summed E-state index contributed by atoms with van der Waals surface area (Å²) in [6.45, 7) is 6.26. The highest BCUT2D eigenvalue weighted by Crippen LogP contribution is 2.34. The third kappa shape index (κ3) is 5.34. The Morgan fingerprint density at radius 2 is 1.81 bits per heavy atom. The summed E-state index contributed by atoms with van der Waals surface area (Å²) < 4.78 is 12.7. The summed E-state index contributed by atoms with van der Waals surface area (Å²) in [5.74, 6) is -0.209. The fourth-order valence-corrected chi connectivity index (χ4v) is 4.98. The first-order valence-electron chi connectivity index (χ1n) is 11.4. The van der Waals surface area contributed by atoms with Gasteiger partial charge in [0.2, 0.25) is 0 Å². The fraction of sp³-hybridized carbons (Fsp3) is 0.222. The molecule has 7 nitrogen and oxygen atoms in total. The molecule has 1 aliphatic heterocycles. The van der Waals surface area contributed by atoms with Crippen molar-refractivity contribution in [3.8, 4) is 11.4 Å². The Morgan fingerprint density at radius 3 is 2.50 bits per heavy atom. The van der Waals surface area contributed by atoms with Crippen molar-refractivity contribution in [2.45, 2.75) is 20.8 Å². The van der Waals surface area contributed by atoms with Gasteiger partial charge in [-0.2, -0.15) is 0 Å². The molecule has 4 rings (SSSR count). The van der Waals surface area contributed by atoms with Crippen LogP contribution in [0.1, 0.15) is 34.2 Å². The van der Waals surface area contributed by atoms with Gasteiger partial charge in [-0.25, -0.2) is 4.79 Å². The molecule has 1 aromatic heterocycles. The van der Waals surface area contributed by atoms with Gasteiger partial charge in [-0.15, -0.1) is 0 Å². The monoisotopic (exact) mass is 524 g/mol. The van der Waals surface area contributed by atoms with Crippen LogP contribution >= 0.6 is 23.4 Å². The lowest BCUT2D eigenvalue weighted by Crippen LogP contribution is -2.32. The number of amides is 2. The minimum atomic E-state index is -0.362. The average molecular weight is 525 g/mol. The molecule has 0 radical (unpaired) electrons. The van der Waals surface area contributed by atoms with E-state index in [-0.39, 0.29) is 30.3 Å². The molecule has 0 unspecified atom stereocenters. The van der Waals surface area contributed by atoms with Crippen LogP contribution in [0.5, 0.6) is 5.75 Å². The quantitative estimate of drug-likeness (QED) is 0.264. The van der Waals surface area contributed by atoms with E-state index < -0.39 is 0 Å². The number of carbonyl (C=O) groups is 3. The van der Waals surface area contributed by atoms with Gasteiger partial charge in [-0.3, -0.25) is 14.5 Å². The molecule has 0 atom stereocenters. The second-order valence-electron chi connectivity index (χ2n) is 8.04. The molecule has 0 aliphatic carbocycles. The number of nitrogens with zero attached hydrogens (tertiary/aromatic N) is 2. The van der Waals surface area contributed by atoms with Gasteiger partial charge in [-0.1, -0.05) is 23.7 Å². The summed E-state index contributed by atoms with van der Waals surface area (Å²) in [4.78, 5) is 38.9. The van der Waals surface area contributed by atoms with Crippen LogP contribution in [-0.2, 0) is 9.53 Å². The van der Waals surface area contributed by atoms with Gasteiger partial charge in [0, 0.05) is 17.1 Å². The number of carbonyl (C=O) groups excluding carboxylic acids is 3. The number of aromatic nitrogens is 1. The van der Waals surface area contributed by atoms with Gasteiger partial charge in [0.1, 0.15) is 12.4 Å². The summed E-state index contributed by atoms with van der Waals surface area (Å²) in [6.07, 6.45) is 1.74. The van der Waals surface area contributed by atoms with Crippen LogP contribution in [0.4, 0.5) is 4.79 Å². The summed E-state index contributed by atoms with van der Waals surface area (Å²) >= 11 is 7.00. The molecule has 1 aliphatic rings. The van der Waals surface area contributed by atoms with Crippen LogP contribution in [0.2, 0.25) is 5.02 Å². The van der Waals surface area contributed by atoms with Crippen molar-refractivity contribution in [3.63, 3.8) is 0 Å². The molecule has 0 bridgehead atoms. The lowest BCUT2D eigenvalue weighted by atomic mass is 10.2. The largest absolute Gasteiger partial charge is 0.490 e. The number of benzene rings is 2. The number of esters is 1. The molecule has 0 saturated carbocycles. The first-order valence-corrected chi connectivity index (χ1v) is 12.6. The Morgan fingerprint density at radius 1 is 1.08 bits per heavy atom. The lowest BCUT2D eigenvalue weighted by molar-refractivity contribution is -0.123. The van der Waals surface area contributed by atoms with E-state index in [2.05, 4.69) is 0 Å². The van der Waals surface area contributed by atoms with E-state index in [0.29, 0.717) is 27.8 Å². The van der Waals surface area contributed by atoms with Crippen molar-refractivity contribution in [1.82, 2.24) is 9.47 Å². The molecule has 3 aromatic rings. The number of halogens is 1. The molecule has 186 valence electrons. The molecule has 2 amide bonds. The van der Waals surface area contributed by atoms with Crippen LogP contribution in [0, 0.1) is 13.8 Å². The fourth-order valence-electron chi connectivity index (χ4n) is 3.93. The zero-order valence-corrected chi connectivity index (χ0v) is 21.7. The molecule has 0 spiro atoms. The molecule has 2 aromatic carbocycles. The number of hydrogen-bond acceptors (Lipinski definition) is 6. The van der Waals surface area contributed by atoms with E-state index in [1.165, 1.54) is 4.90 Å². The van der Waals surface area contributed by atoms with Crippen LogP contribution in [-0.4, -0.2) is 46.3 Å². The minimum absolute atomic E-state index is 0.124. The van der Waals surface area contributed by atoms with Crippen molar-refractivity contribution >= 4 is 46.6 Å². The number of aryl methyl sites for hydroxylation is 1. The van der Waals surface area contributed by atoms with Crippen molar-refractivity contribution in [2.75, 3.05) is 19.8 Å². The minimum Gasteiger partial charge on any atom is -0.490 e. The second-order valence-corrected chi connectivity index (χ2v) is 9.44. The van der Waals surface area contributed by atoms with Gasteiger partial charge in [0.15, 0.2) is 0 Å². The van der Waals surface area contributed by atoms with Crippen LogP contribution in [0.25, 0.3) is 11.8 Å². The molecule has 36 heavy (non-hydrogen) atoms. The molecular formula is C27H25ClN2O5S. The topological polar surface area (TPSA) is 77.8 Å². The summed E-state index contributed by atoms with van der Waals surface area (Å²) in [7, 11) is 0. The SMILES string of the molecule is CCOC(=O)c1ccc(-n2c(C)cc(/C=C3\SC(=O)N(CCOc4ccccc4Cl)C3=O)c2C)cc1. The predicted molar refractivity (Wildman–Crippen MR) is 141 cm³/mol. The average Bonchev–Trinajstić information content (AvgIpc) is 3.29. The third-order valence-electron chi connectivity index (χ3n) is 5.68. The van der Waals surface area contributed by atoms with Crippen LogP contribution in [0.15, 0.2) is 59.5 Å². The van der Waals surface area contributed by atoms with Crippen molar-refractivity contribution in [1.29, 1.82) is 0 Å². The first-order chi connectivity index (χ1) is 17.3. The van der Waals surface area contributed by atoms with Gasteiger partial charge < -0.3 is 14.0 Å². The Kier molecular flexibility index (Phi) is 7.86. The maximum atomic E-state index is 12.9. The van der Waals surface area contributed by atoms with Gasteiger partial charge in [0.25, 0.3) is 11.1 Å². The van der Waals surface area contributed by atoms with E-state index >= 15 is 0 Å². The van der Waals surface area contributed by atoms with E-state index in [1.54, 1.807) is 49.4 Å². The number of imide groups is 1. The van der Waals surface area contributed by atoms with E-state index in [1.807, 2.05) is 36.6 Å². The van der Waals surface area contributed by atoms with E-state index in [0.717, 1.165) is 34.4 Å². The van der Waals surface area contributed by atoms with E-state index in [4.69, 9.17) is 21.1 Å². The Balaban J connectivity index is 1.49. The number of hydrogen-bond donors (Lipinski definition) is 0. The Hall–Kier alpha value is -3.49. The number of rotatable bonds is 8. The van der Waals surface area contributed by atoms with Gasteiger partial charge >= 0.3 is 5.97 Å². The number of ether oxygens (including phenoxy) is 2. The van der Waals surface area contributed by atoms with Crippen molar-refractivity contribution < 1.29 is 23.9 Å². The second kappa shape index (κ2) is 11.1. The number of thioether (sulfide) groups is 1. The van der Waals surface area contributed by atoms with Gasteiger partial charge in [0.05, 0.1) is 28.6 Å². The normalized spacial score (nSPS) is 14.6. The van der Waals surface area contributed by atoms with Crippen molar-refractivity contribution in [3.05, 3.63) is 87.0 Å². The predicted octanol–water partition coefficient (Wildman–Crippen LogP) is 6.04. The van der Waals surface area contributed by atoms with E-state index in [9.17, 15) is 14.4 Å². The highest BCUT2D eigenvalue weighted by atomic mass is 35.5. The molecule has 0 N–H and O–H groups in total. The zero-order chi connectivity index (χ0) is 25.8. The molecule has 1 fully saturated rings. The molecule has 2 heterocycles. The zero-order valence-electron chi connectivity index (χ0n) is 20.1.